The van der Waals surface area contributed by atoms with Crippen molar-refractivity contribution in [3.8, 4) is 0 Å². The molecule has 0 radical (unpaired) electrons. The molecule has 156 valence electrons. The van der Waals surface area contributed by atoms with Gasteiger partial charge in [-0.2, -0.15) is 4.31 Å². The van der Waals surface area contributed by atoms with Crippen LogP contribution in [0.25, 0.3) is 0 Å². The van der Waals surface area contributed by atoms with E-state index in [0.29, 0.717) is 24.4 Å². The van der Waals surface area contributed by atoms with Crippen molar-refractivity contribution in [3.63, 3.8) is 0 Å². The van der Waals surface area contributed by atoms with Crippen LogP contribution in [0.2, 0.25) is 0 Å². The molecule has 2 heterocycles. The SMILES string of the molecule is CC[C@H]1CN(S(=O)(=O)c2ccccc2)CC[C@H]1CC(=O)NCC[NH+]1CCCC1. The fourth-order valence-electron chi connectivity index (χ4n) is 4.55. The predicted molar refractivity (Wildman–Crippen MR) is 110 cm³/mol. The molecule has 2 atom stereocenters. The molecule has 1 amide bonds. The third-order valence-electron chi connectivity index (χ3n) is 6.32. The second-order valence-electron chi connectivity index (χ2n) is 8.15. The molecule has 7 heteroatoms. The van der Waals surface area contributed by atoms with Crippen LogP contribution in [0.1, 0.15) is 39.0 Å². The zero-order valence-corrected chi connectivity index (χ0v) is 17.7. The Bertz CT molecular complexity index is 733. The zero-order valence-electron chi connectivity index (χ0n) is 16.9. The Morgan fingerprint density at radius 2 is 1.89 bits per heavy atom. The van der Waals surface area contributed by atoms with E-state index in [0.717, 1.165) is 25.9 Å². The summed E-state index contributed by atoms with van der Waals surface area (Å²) in [5, 5.41) is 3.08. The fraction of sp³-hybridized carbons (Fsp3) is 0.667. The van der Waals surface area contributed by atoms with Crippen LogP contribution in [0.4, 0.5) is 0 Å². The Morgan fingerprint density at radius 1 is 1.18 bits per heavy atom. The van der Waals surface area contributed by atoms with E-state index in [2.05, 4.69) is 12.2 Å². The van der Waals surface area contributed by atoms with Gasteiger partial charge in [0.15, 0.2) is 0 Å². The Labute approximate surface area is 169 Å². The van der Waals surface area contributed by atoms with Gasteiger partial charge in [-0.25, -0.2) is 8.42 Å². The molecule has 2 aliphatic heterocycles. The normalized spacial score (nSPS) is 24.3. The Balaban J connectivity index is 1.50. The largest absolute Gasteiger partial charge is 0.350 e. The highest BCUT2D eigenvalue weighted by Gasteiger charge is 2.35. The van der Waals surface area contributed by atoms with Crippen LogP contribution in [-0.2, 0) is 14.8 Å². The Kier molecular flexibility index (Phi) is 7.48. The van der Waals surface area contributed by atoms with Gasteiger partial charge in [-0.1, -0.05) is 31.5 Å². The second kappa shape index (κ2) is 9.85. The van der Waals surface area contributed by atoms with E-state index in [-0.39, 0.29) is 17.7 Å². The molecular weight excluding hydrogens is 374 g/mol. The minimum absolute atomic E-state index is 0.112. The van der Waals surface area contributed by atoms with Crippen molar-refractivity contribution in [2.24, 2.45) is 11.8 Å². The number of hydrogen-bond acceptors (Lipinski definition) is 3. The molecule has 2 aliphatic rings. The smallest absolute Gasteiger partial charge is 0.243 e. The quantitative estimate of drug-likeness (QED) is 0.672. The maximum Gasteiger partial charge on any atom is 0.243 e. The highest BCUT2D eigenvalue weighted by Crippen LogP contribution is 2.31. The molecule has 1 aromatic rings. The summed E-state index contributed by atoms with van der Waals surface area (Å²) in [6, 6.07) is 8.64. The molecule has 0 unspecified atom stereocenters. The van der Waals surface area contributed by atoms with Gasteiger partial charge in [-0.05, 0) is 30.4 Å². The first-order valence-electron chi connectivity index (χ1n) is 10.7. The summed E-state index contributed by atoms with van der Waals surface area (Å²) < 4.78 is 27.4. The number of amides is 1. The van der Waals surface area contributed by atoms with Crippen LogP contribution < -0.4 is 10.2 Å². The van der Waals surface area contributed by atoms with Crippen LogP contribution in [-0.4, -0.2) is 57.9 Å². The van der Waals surface area contributed by atoms with Crippen molar-refractivity contribution in [1.82, 2.24) is 9.62 Å². The molecule has 0 saturated carbocycles. The van der Waals surface area contributed by atoms with Crippen molar-refractivity contribution in [2.45, 2.75) is 43.9 Å². The lowest BCUT2D eigenvalue weighted by molar-refractivity contribution is -0.886. The number of piperidine rings is 1. The third-order valence-corrected chi connectivity index (χ3v) is 8.20. The van der Waals surface area contributed by atoms with Crippen LogP contribution >= 0.6 is 0 Å². The third kappa shape index (κ3) is 5.33. The summed E-state index contributed by atoms with van der Waals surface area (Å²) in [6.07, 6.45) is 4.73. The average Bonchev–Trinajstić information content (AvgIpc) is 3.22. The van der Waals surface area contributed by atoms with Gasteiger partial charge >= 0.3 is 0 Å². The summed E-state index contributed by atoms with van der Waals surface area (Å²) in [5.41, 5.74) is 0. The molecular formula is C21H34N3O3S+. The number of benzene rings is 1. The number of hydrogen-bond donors (Lipinski definition) is 2. The van der Waals surface area contributed by atoms with E-state index >= 15 is 0 Å². The molecule has 2 saturated heterocycles. The lowest BCUT2D eigenvalue weighted by atomic mass is 9.82. The van der Waals surface area contributed by atoms with Gasteiger partial charge in [0.1, 0.15) is 0 Å². The lowest BCUT2D eigenvalue weighted by Crippen LogP contribution is -3.10. The van der Waals surface area contributed by atoms with E-state index in [1.54, 1.807) is 33.5 Å². The molecule has 1 aromatic carbocycles. The monoisotopic (exact) mass is 408 g/mol. The van der Waals surface area contributed by atoms with Crippen LogP contribution in [0.5, 0.6) is 0 Å². The van der Waals surface area contributed by atoms with Crippen molar-refractivity contribution in [3.05, 3.63) is 30.3 Å². The number of quaternary nitrogens is 1. The van der Waals surface area contributed by atoms with E-state index in [9.17, 15) is 13.2 Å². The first-order valence-corrected chi connectivity index (χ1v) is 12.1. The minimum Gasteiger partial charge on any atom is -0.350 e. The number of nitrogens with one attached hydrogen (secondary N) is 2. The minimum atomic E-state index is -3.45. The summed E-state index contributed by atoms with van der Waals surface area (Å²) in [4.78, 5) is 14.3. The summed E-state index contributed by atoms with van der Waals surface area (Å²) in [6.45, 7) is 7.28. The van der Waals surface area contributed by atoms with E-state index in [1.165, 1.54) is 25.9 Å². The van der Waals surface area contributed by atoms with Gasteiger partial charge in [0, 0.05) is 32.4 Å². The van der Waals surface area contributed by atoms with Crippen molar-refractivity contribution < 1.29 is 18.1 Å². The van der Waals surface area contributed by atoms with Gasteiger partial charge in [0.2, 0.25) is 15.9 Å². The first-order chi connectivity index (χ1) is 13.5. The molecule has 6 nitrogen and oxygen atoms in total. The molecule has 2 N–H and O–H groups in total. The van der Waals surface area contributed by atoms with Gasteiger partial charge in [0.25, 0.3) is 0 Å². The molecule has 0 bridgehead atoms. The lowest BCUT2D eigenvalue weighted by Gasteiger charge is -2.37. The number of carbonyl (C=O) groups excluding carboxylic acids is 1. The maximum atomic E-state index is 12.9. The molecule has 0 aromatic heterocycles. The first kappa shape index (κ1) is 21.3. The topological polar surface area (TPSA) is 70.9 Å². The second-order valence-corrected chi connectivity index (χ2v) is 10.1. The summed E-state index contributed by atoms with van der Waals surface area (Å²) in [5.74, 6) is 0.593. The number of likely N-dealkylation sites (tertiary alicyclic amines) is 1. The van der Waals surface area contributed by atoms with Crippen LogP contribution in [0.3, 0.4) is 0 Å². The van der Waals surface area contributed by atoms with Crippen LogP contribution in [0, 0.1) is 11.8 Å². The van der Waals surface area contributed by atoms with Gasteiger partial charge < -0.3 is 10.2 Å². The maximum absolute atomic E-state index is 12.9. The van der Waals surface area contributed by atoms with Crippen molar-refractivity contribution in [2.75, 3.05) is 39.3 Å². The van der Waals surface area contributed by atoms with Crippen LogP contribution in [0.15, 0.2) is 35.2 Å². The molecule has 3 rings (SSSR count). The Hall–Kier alpha value is -1.44. The van der Waals surface area contributed by atoms with Gasteiger partial charge in [-0.15, -0.1) is 0 Å². The summed E-state index contributed by atoms with van der Waals surface area (Å²) >= 11 is 0. The summed E-state index contributed by atoms with van der Waals surface area (Å²) in [7, 11) is -3.45. The highest BCUT2D eigenvalue weighted by molar-refractivity contribution is 7.89. The predicted octanol–water partition coefficient (Wildman–Crippen LogP) is 0.908. The van der Waals surface area contributed by atoms with Gasteiger partial charge in [0.05, 0.1) is 31.1 Å². The van der Waals surface area contributed by atoms with E-state index < -0.39 is 10.0 Å². The number of sulfonamides is 1. The Morgan fingerprint density at radius 3 is 2.57 bits per heavy atom. The van der Waals surface area contributed by atoms with E-state index in [4.69, 9.17) is 0 Å². The molecule has 0 aliphatic carbocycles. The van der Waals surface area contributed by atoms with Crippen molar-refractivity contribution >= 4 is 15.9 Å². The fourth-order valence-corrected chi connectivity index (χ4v) is 6.09. The number of nitrogens with zero attached hydrogens (tertiary/aromatic N) is 1. The molecule has 0 spiro atoms. The highest BCUT2D eigenvalue weighted by atomic mass is 32.2. The van der Waals surface area contributed by atoms with Gasteiger partial charge in [-0.3, -0.25) is 4.79 Å². The van der Waals surface area contributed by atoms with Crippen molar-refractivity contribution in [1.29, 1.82) is 0 Å². The average molecular weight is 409 g/mol. The zero-order chi connectivity index (χ0) is 20.0. The number of carbonyl (C=O) groups is 1. The van der Waals surface area contributed by atoms with E-state index in [1.807, 2.05) is 6.07 Å². The molecule has 28 heavy (non-hydrogen) atoms. The standard InChI is InChI=1S/C21H33N3O3S/c1-2-18-17-24(28(26,27)20-8-4-3-5-9-20)14-10-19(18)16-21(25)22-11-15-23-12-6-7-13-23/h3-5,8-9,18-19H,2,6-7,10-17H2,1H3,(H,22,25)/p+1/t18-,19-/m0/s1. The number of rotatable bonds is 8. The molecule has 2 fully saturated rings.